The molecule has 71 heavy (non-hydrogen) atoms. The van der Waals surface area contributed by atoms with Crippen molar-refractivity contribution in [1.29, 1.82) is 0 Å². The molecule has 0 fully saturated rings. The third-order valence-corrected chi connectivity index (χ3v) is 13.2. The third kappa shape index (κ3) is 12.9. The van der Waals surface area contributed by atoms with E-state index in [9.17, 15) is 14.0 Å². The van der Waals surface area contributed by atoms with Crippen LogP contribution >= 0.6 is 35.6 Å². The van der Waals surface area contributed by atoms with Gasteiger partial charge in [0.2, 0.25) is 0 Å². The summed E-state index contributed by atoms with van der Waals surface area (Å²) < 4.78 is 41.4. The van der Waals surface area contributed by atoms with Crippen LogP contribution in [0.2, 0.25) is 35.7 Å². The molecule has 0 aliphatic rings. The summed E-state index contributed by atoms with van der Waals surface area (Å²) in [5.41, 5.74) is 5.15. The maximum atomic E-state index is 15.3. The van der Waals surface area contributed by atoms with E-state index in [0.717, 1.165) is 6.04 Å². The Morgan fingerprint density at radius 1 is 0.761 bits per heavy atom. The number of rotatable bonds is 17. The number of nitrogens with zero attached hydrogens (tertiary/aromatic N) is 11. The number of nitrogens with one attached hydrogen (secondary N) is 3. The lowest BCUT2D eigenvalue weighted by atomic mass is 10.1. The molecule has 3 N–H and O–H groups in total. The Bertz CT molecular complexity index is 3200. The van der Waals surface area contributed by atoms with Crippen LogP contribution in [0.4, 0.5) is 8.78 Å². The first-order valence-corrected chi connectivity index (χ1v) is 27.5. The molecule has 0 aliphatic heterocycles. The monoisotopic (exact) mass is 1050 g/mol. The molecule has 380 valence electrons. The molecule has 0 bridgehead atoms. The van der Waals surface area contributed by atoms with Crippen molar-refractivity contribution in [3.63, 3.8) is 0 Å². The second-order valence-electron chi connectivity index (χ2n) is 19.5. The average Bonchev–Trinajstić information content (AvgIpc) is 4.05. The molecule has 0 saturated heterocycles. The topological polar surface area (TPSA) is 182 Å². The molecule has 2 amide bonds. The first-order valence-electron chi connectivity index (χ1n) is 23.0. The lowest BCUT2D eigenvalue weighted by Gasteiger charge is -2.15. The fourth-order valence-corrected chi connectivity index (χ4v) is 8.72. The highest BCUT2D eigenvalue weighted by Gasteiger charge is 2.25. The number of aromatic amines is 1. The number of H-pyrrole nitrogens is 1. The lowest BCUT2D eigenvalue weighted by molar-refractivity contribution is 0.0890. The summed E-state index contributed by atoms with van der Waals surface area (Å²) in [6.07, 6.45) is 6.38. The van der Waals surface area contributed by atoms with E-state index in [4.69, 9.17) is 38.0 Å². The van der Waals surface area contributed by atoms with Crippen molar-refractivity contribution in [1.82, 2.24) is 69.5 Å². The maximum Gasteiger partial charge on any atom is 0.255 e. The normalized spacial score (nSPS) is 12.0. The van der Waals surface area contributed by atoms with E-state index in [1.165, 1.54) is 18.3 Å². The highest BCUT2D eigenvalue weighted by atomic mass is 35.5. The van der Waals surface area contributed by atoms with Crippen LogP contribution in [0.15, 0.2) is 49.1 Å². The molecule has 0 atom stereocenters. The van der Waals surface area contributed by atoms with Crippen LogP contribution in [0.5, 0.6) is 0 Å². The number of carbonyl (C=O) groups excluding carboxylic acids is 2. The van der Waals surface area contributed by atoms with E-state index >= 15 is 4.39 Å². The molecule has 8 aromatic rings. The molecule has 6 aromatic heterocycles. The summed E-state index contributed by atoms with van der Waals surface area (Å²) in [5, 5.41) is 16.3. The van der Waals surface area contributed by atoms with Gasteiger partial charge >= 0.3 is 0 Å². The Morgan fingerprint density at radius 3 is 1.75 bits per heavy atom. The molecule has 2 aromatic carbocycles. The Morgan fingerprint density at radius 2 is 1.25 bits per heavy atom. The smallest absolute Gasteiger partial charge is 0.255 e. The lowest BCUT2D eigenvalue weighted by Crippen LogP contribution is -2.30. The third-order valence-electron chi connectivity index (χ3n) is 11.0. The summed E-state index contributed by atoms with van der Waals surface area (Å²) in [6, 6.07) is 6.87. The standard InChI is InChI=1S/C27H37ClFN7O2Si.C21H23ClFN7O.ClH/c1-17(2)31-27(37)19-15-35(16-38-10-11-39(5,6)7)26-24(19)32-21(14-30-26)25-23-20(29)12-18(28)13-22(23)36(33-25)9-8-34(3)4;1-11(2)26-21(31)13-9-24-20-18(13)27-15(10-25-20)19-17-14(23)7-12(22)8-16(17)30(28-19)6-5-29(3)4;/h12-15,17H,8-11,16H2,1-7H3,(H,31,37);7-11H,5-6H2,1-4H3,(H,24,25)(H,26,31);1H. The van der Waals surface area contributed by atoms with Gasteiger partial charge in [-0.05, 0) is 86.2 Å². The van der Waals surface area contributed by atoms with Crippen LogP contribution in [-0.2, 0) is 24.6 Å². The Kier molecular flexibility index (Phi) is 17.6. The number of amides is 2. The van der Waals surface area contributed by atoms with Crippen molar-refractivity contribution in [3.05, 3.63) is 81.9 Å². The number of halogens is 5. The van der Waals surface area contributed by atoms with Gasteiger partial charge in [-0.3, -0.25) is 19.0 Å². The second kappa shape index (κ2) is 22.9. The summed E-state index contributed by atoms with van der Waals surface area (Å²) >= 11 is 12.3. The molecule has 17 nitrogen and oxygen atoms in total. The maximum absolute atomic E-state index is 15.3. The number of ether oxygens (including phenoxy) is 1. The Balaban J connectivity index is 0.000000235. The summed E-state index contributed by atoms with van der Waals surface area (Å²) in [5.74, 6) is -1.49. The van der Waals surface area contributed by atoms with Gasteiger partial charge in [-0.15, -0.1) is 12.4 Å². The van der Waals surface area contributed by atoms with E-state index in [1.807, 2.05) is 65.7 Å². The van der Waals surface area contributed by atoms with Gasteiger partial charge in [0.1, 0.15) is 52.2 Å². The van der Waals surface area contributed by atoms with Gasteiger partial charge < -0.3 is 34.7 Å². The van der Waals surface area contributed by atoms with E-state index in [-0.39, 0.29) is 48.1 Å². The minimum atomic E-state index is -1.24. The van der Waals surface area contributed by atoms with Crippen LogP contribution in [0, 0.1) is 11.6 Å². The van der Waals surface area contributed by atoms with Crippen LogP contribution in [0.3, 0.4) is 0 Å². The number of likely N-dealkylation sites (N-methyl/N-ethyl adjacent to an activating group) is 2. The summed E-state index contributed by atoms with van der Waals surface area (Å²) in [4.78, 5) is 51.1. The first-order chi connectivity index (χ1) is 33.1. The van der Waals surface area contributed by atoms with E-state index in [2.05, 4.69) is 55.3 Å². The number of carbonyl (C=O) groups is 2. The fourth-order valence-electron chi connectivity index (χ4n) is 7.56. The molecular formula is C48H61Cl3F2N14O3Si. The molecule has 0 spiro atoms. The Labute approximate surface area is 428 Å². The highest BCUT2D eigenvalue weighted by Crippen LogP contribution is 2.34. The zero-order chi connectivity index (χ0) is 50.8. The van der Waals surface area contributed by atoms with Gasteiger partial charge in [0.25, 0.3) is 11.8 Å². The van der Waals surface area contributed by atoms with Gasteiger partial charge in [0, 0.05) is 62.3 Å². The van der Waals surface area contributed by atoms with Crippen LogP contribution in [0.1, 0.15) is 48.4 Å². The van der Waals surface area contributed by atoms with Gasteiger partial charge in [-0.1, -0.05) is 42.8 Å². The summed E-state index contributed by atoms with van der Waals surface area (Å²) in [7, 11) is 6.59. The van der Waals surface area contributed by atoms with Crippen molar-refractivity contribution in [2.45, 2.75) is 85.3 Å². The van der Waals surface area contributed by atoms with Gasteiger partial charge in [-0.25, -0.2) is 28.7 Å². The average molecular weight is 1050 g/mol. The number of hydrogen-bond donors (Lipinski definition) is 3. The van der Waals surface area contributed by atoms with Crippen molar-refractivity contribution >= 4 is 99.6 Å². The fraction of sp³-hybridized carbons (Fsp3) is 0.417. The SMILES string of the molecule is CC(C)NC(=O)c1c[nH]c2ncc(-c3nn(CCN(C)C)c4cc(Cl)cc(F)c34)nc12.CC(C)NC(=O)c1cn(COCC[Si](C)(C)C)c2ncc(-c3nn(CCN(C)C)c4cc(Cl)cc(F)c34)nc12.Cl. The predicted octanol–water partition coefficient (Wildman–Crippen LogP) is 9.14. The minimum Gasteiger partial charge on any atom is -0.361 e. The predicted molar refractivity (Wildman–Crippen MR) is 282 cm³/mol. The van der Waals surface area contributed by atoms with E-state index < -0.39 is 19.7 Å². The van der Waals surface area contributed by atoms with E-state index in [1.54, 1.807) is 44.7 Å². The van der Waals surface area contributed by atoms with Crippen LogP contribution in [0.25, 0.3) is 66.9 Å². The zero-order valence-corrected chi connectivity index (χ0v) is 45.1. The van der Waals surface area contributed by atoms with Gasteiger partial charge in [-0.2, -0.15) is 10.2 Å². The minimum absolute atomic E-state index is 0. The molecule has 23 heteroatoms. The number of hydrogen-bond acceptors (Lipinski definition) is 11. The van der Waals surface area contributed by atoms with Crippen LogP contribution < -0.4 is 10.6 Å². The van der Waals surface area contributed by atoms with Crippen LogP contribution in [-0.4, -0.2) is 139 Å². The van der Waals surface area contributed by atoms with Crippen molar-refractivity contribution in [2.24, 2.45) is 0 Å². The molecule has 0 aliphatic carbocycles. The quantitative estimate of drug-likeness (QED) is 0.0585. The number of aromatic nitrogens is 10. The van der Waals surface area contributed by atoms with Crippen molar-refractivity contribution in [2.75, 3.05) is 47.9 Å². The first kappa shape index (κ1) is 54.7. The van der Waals surface area contributed by atoms with Gasteiger partial charge in [0.05, 0.1) is 58.4 Å². The molecular weight excluding hydrogens is 993 g/mol. The largest absolute Gasteiger partial charge is 0.361 e. The second-order valence-corrected chi connectivity index (χ2v) is 26.0. The molecule has 0 radical (unpaired) electrons. The molecule has 8 rings (SSSR count). The zero-order valence-electron chi connectivity index (χ0n) is 41.8. The number of benzene rings is 2. The van der Waals surface area contributed by atoms with E-state index in [0.29, 0.717) is 116 Å². The number of fused-ring (bicyclic) bond motifs is 4. The molecule has 0 saturated carbocycles. The van der Waals surface area contributed by atoms with Gasteiger partial charge in [0.15, 0.2) is 11.3 Å². The summed E-state index contributed by atoms with van der Waals surface area (Å²) in [6.45, 7) is 17.8. The van der Waals surface area contributed by atoms with Crippen molar-refractivity contribution in [3.8, 4) is 22.8 Å². The van der Waals surface area contributed by atoms with Crippen molar-refractivity contribution < 1.29 is 23.1 Å². The highest BCUT2D eigenvalue weighted by molar-refractivity contribution is 6.76. The molecule has 0 unspecified atom stereocenters. The molecule has 6 heterocycles. The Hall–Kier alpha value is -5.61.